The monoisotopic (exact) mass is 410 g/mol. The number of carbonyl (C=O) groups excluding carboxylic acids is 1. The van der Waals surface area contributed by atoms with Gasteiger partial charge in [-0.05, 0) is 20.8 Å². The highest BCUT2D eigenvalue weighted by molar-refractivity contribution is 8.07. The van der Waals surface area contributed by atoms with Crippen molar-refractivity contribution in [1.29, 1.82) is 0 Å². The van der Waals surface area contributed by atoms with Crippen LogP contribution in [0.5, 0.6) is 0 Å². The molecule has 1 unspecified atom stereocenters. The molecule has 150 valence electrons. The number of hydrogen-bond donors (Lipinski definition) is 1. The zero-order valence-electron chi connectivity index (χ0n) is 14.5. The number of rotatable bonds is 9. The molecule has 0 rings (SSSR count). The molecule has 0 aliphatic carbocycles. The molecule has 0 aromatic carbocycles. The molecule has 0 saturated carbocycles. The number of halogens is 2. The van der Waals surface area contributed by atoms with E-state index >= 15 is 0 Å². The summed E-state index contributed by atoms with van der Waals surface area (Å²) in [5, 5.41) is 9.76. The summed E-state index contributed by atoms with van der Waals surface area (Å²) < 4.78 is 65.7. The molecule has 0 aliphatic rings. The number of ether oxygens (including phenoxy) is 1. The molecule has 0 aliphatic heterocycles. The van der Waals surface area contributed by atoms with E-state index in [1.165, 1.54) is 0 Å². The Bertz CT molecular complexity index is 616. The van der Waals surface area contributed by atoms with Gasteiger partial charge in [0.1, 0.15) is 19.3 Å². The molecular formula is C12H24F2N2O7S2. The normalized spacial score (nSPS) is 13.4. The average molecular weight is 410 g/mol. The van der Waals surface area contributed by atoms with Gasteiger partial charge in [0.2, 0.25) is 20.8 Å². The lowest BCUT2D eigenvalue weighted by atomic mass is 10.3. The van der Waals surface area contributed by atoms with Crippen LogP contribution in [0.3, 0.4) is 0 Å². The third-order valence-electron chi connectivity index (χ3n) is 3.11. The van der Waals surface area contributed by atoms with Crippen LogP contribution in [0.25, 0.3) is 4.13 Å². The van der Waals surface area contributed by atoms with E-state index in [1.54, 1.807) is 6.92 Å². The van der Waals surface area contributed by atoms with Gasteiger partial charge in [0.15, 0.2) is 0 Å². The molecular weight excluding hydrogens is 386 g/mol. The van der Waals surface area contributed by atoms with E-state index in [0.29, 0.717) is 12.1 Å². The maximum Gasteiger partial charge on any atom is 0.333 e. The number of quaternary nitrogens is 1. The van der Waals surface area contributed by atoms with Gasteiger partial charge in [-0.2, -0.15) is 0 Å². The van der Waals surface area contributed by atoms with Crippen molar-refractivity contribution in [3.8, 4) is 0 Å². The highest BCUT2D eigenvalue weighted by Gasteiger charge is 2.22. The Morgan fingerprint density at radius 3 is 1.84 bits per heavy atom. The lowest BCUT2D eigenvalue weighted by molar-refractivity contribution is -0.909. The molecule has 0 bridgehead atoms. The van der Waals surface area contributed by atoms with Gasteiger partial charge in [0, 0.05) is 5.57 Å². The van der Waals surface area contributed by atoms with Gasteiger partial charge < -0.3 is 18.5 Å². The largest absolute Gasteiger partial charge is 0.459 e. The summed E-state index contributed by atoms with van der Waals surface area (Å²) in [6.07, 6.45) is -0.617. The molecule has 13 heteroatoms. The zero-order valence-corrected chi connectivity index (χ0v) is 16.1. The van der Waals surface area contributed by atoms with Crippen LogP contribution in [-0.2, 0) is 30.3 Å². The first-order valence-electron chi connectivity index (χ1n) is 7.03. The number of nitrogens with zero attached hydrogens (tertiary/aromatic N) is 2. The quantitative estimate of drug-likeness (QED) is 0.257. The minimum Gasteiger partial charge on any atom is -0.459 e. The SMILES string of the molecule is C=C(C)C(=O)OCC(O)C[N+](C)(CC)CC.O=S(=O)(F)[N-]S(=O)(=O)F. The standard InChI is InChI=1S/C12H24NO3.F2NO4S2/c1-6-13(5,7-2)8-11(14)9-16-12(15)10(3)4;1-8(4,5)3-9(2,6)7/h11,14H,3,6-9H2,1-2,4-5H3;/q+1;-1. The van der Waals surface area contributed by atoms with E-state index in [0.717, 1.165) is 21.7 Å². The van der Waals surface area contributed by atoms with Crippen LogP contribution in [0, 0.1) is 0 Å². The van der Waals surface area contributed by atoms with Crippen molar-refractivity contribution in [2.45, 2.75) is 26.9 Å². The van der Waals surface area contributed by atoms with Gasteiger partial charge >= 0.3 is 5.97 Å². The van der Waals surface area contributed by atoms with E-state index in [4.69, 9.17) is 4.74 Å². The lowest BCUT2D eigenvalue weighted by Crippen LogP contribution is -2.49. The van der Waals surface area contributed by atoms with E-state index < -0.39 is 32.9 Å². The minimum absolute atomic E-state index is 0.0412. The van der Waals surface area contributed by atoms with Crippen molar-refractivity contribution in [2.24, 2.45) is 0 Å². The fourth-order valence-electron chi connectivity index (χ4n) is 1.44. The second-order valence-corrected chi connectivity index (χ2v) is 7.61. The fraction of sp³-hybridized carbons (Fsp3) is 0.750. The van der Waals surface area contributed by atoms with Crippen LogP contribution in [0.1, 0.15) is 20.8 Å². The number of aliphatic hydroxyl groups excluding tert-OH is 1. The summed E-state index contributed by atoms with van der Waals surface area (Å²) >= 11 is 0. The smallest absolute Gasteiger partial charge is 0.333 e. The van der Waals surface area contributed by atoms with Crippen LogP contribution in [0.2, 0.25) is 0 Å². The van der Waals surface area contributed by atoms with Crippen molar-refractivity contribution in [1.82, 2.24) is 0 Å². The van der Waals surface area contributed by atoms with Gasteiger partial charge in [-0.25, -0.2) is 21.6 Å². The molecule has 0 spiro atoms. The number of carbonyl (C=O) groups is 1. The Kier molecular flexibility index (Phi) is 11.2. The highest BCUT2D eigenvalue weighted by Crippen LogP contribution is 2.11. The Morgan fingerprint density at radius 1 is 1.20 bits per heavy atom. The summed E-state index contributed by atoms with van der Waals surface area (Å²) in [4.78, 5) is 11.1. The Hall–Kier alpha value is -1.15. The fourth-order valence-corrected chi connectivity index (χ4v) is 2.30. The van der Waals surface area contributed by atoms with E-state index in [2.05, 4.69) is 27.5 Å². The molecule has 25 heavy (non-hydrogen) atoms. The van der Waals surface area contributed by atoms with E-state index in [-0.39, 0.29) is 6.61 Å². The molecule has 0 amide bonds. The molecule has 1 atom stereocenters. The van der Waals surface area contributed by atoms with Crippen LogP contribution < -0.4 is 0 Å². The van der Waals surface area contributed by atoms with Crippen LogP contribution >= 0.6 is 0 Å². The Morgan fingerprint density at radius 2 is 1.60 bits per heavy atom. The van der Waals surface area contributed by atoms with Crippen LogP contribution in [0.15, 0.2) is 12.2 Å². The molecule has 0 radical (unpaired) electrons. The Balaban J connectivity index is 0. The topological polar surface area (TPSA) is 129 Å². The van der Waals surface area contributed by atoms with Gasteiger partial charge in [-0.3, -0.25) is 0 Å². The molecule has 1 N–H and O–H groups in total. The van der Waals surface area contributed by atoms with Crippen molar-refractivity contribution in [2.75, 3.05) is 33.3 Å². The summed E-state index contributed by atoms with van der Waals surface area (Å²) in [5.74, 6) is -0.443. The number of aliphatic hydroxyl groups is 1. The number of hydrogen-bond acceptors (Lipinski definition) is 7. The molecule has 0 aromatic heterocycles. The second-order valence-electron chi connectivity index (χ2n) is 5.37. The summed E-state index contributed by atoms with van der Waals surface area (Å²) in [6, 6.07) is 0. The maximum atomic E-state index is 11.1. The molecule has 0 saturated heterocycles. The average Bonchev–Trinajstić information content (AvgIpc) is 2.41. The van der Waals surface area contributed by atoms with Crippen molar-refractivity contribution >= 4 is 26.8 Å². The predicted molar refractivity (Wildman–Crippen MR) is 87.3 cm³/mol. The minimum atomic E-state index is -5.62. The summed E-state index contributed by atoms with van der Waals surface area (Å²) in [6.45, 7) is 11.8. The Labute approximate surface area is 147 Å². The number of esters is 1. The zero-order chi connectivity index (χ0) is 20.5. The van der Waals surface area contributed by atoms with Crippen molar-refractivity contribution in [3.63, 3.8) is 0 Å². The first-order chi connectivity index (χ1) is 11.0. The molecule has 0 aromatic rings. The van der Waals surface area contributed by atoms with Crippen LogP contribution in [-0.4, -0.2) is 71.8 Å². The first kappa shape index (κ1) is 26.1. The third-order valence-corrected chi connectivity index (χ3v) is 4.54. The van der Waals surface area contributed by atoms with Gasteiger partial charge in [0.25, 0.3) is 0 Å². The predicted octanol–water partition coefficient (Wildman–Crippen LogP) is 0.742. The van der Waals surface area contributed by atoms with Gasteiger partial charge in [-0.15, -0.1) is 7.77 Å². The lowest BCUT2D eigenvalue weighted by Gasteiger charge is -2.33. The van der Waals surface area contributed by atoms with E-state index in [1.807, 2.05) is 0 Å². The van der Waals surface area contributed by atoms with Gasteiger partial charge in [0.05, 0.1) is 20.1 Å². The van der Waals surface area contributed by atoms with E-state index in [9.17, 15) is 34.5 Å². The third kappa shape index (κ3) is 16.1. The van der Waals surface area contributed by atoms with Gasteiger partial charge in [-0.1, -0.05) is 6.58 Å². The molecule has 9 nitrogen and oxygen atoms in total. The van der Waals surface area contributed by atoms with Crippen LogP contribution in [0.4, 0.5) is 7.77 Å². The summed E-state index contributed by atoms with van der Waals surface area (Å²) in [7, 11) is -9.17. The highest BCUT2D eigenvalue weighted by atomic mass is 32.3. The summed E-state index contributed by atoms with van der Waals surface area (Å²) in [5.41, 5.74) is 0.357. The second kappa shape index (κ2) is 10.8. The molecule has 0 fully saturated rings. The maximum absolute atomic E-state index is 11.1. The first-order valence-corrected chi connectivity index (χ1v) is 9.71. The van der Waals surface area contributed by atoms with Crippen molar-refractivity contribution < 1.29 is 43.7 Å². The van der Waals surface area contributed by atoms with Crippen molar-refractivity contribution in [3.05, 3.63) is 16.3 Å². The number of likely N-dealkylation sites (N-methyl/N-ethyl adjacent to an activating group) is 1. The molecule has 0 heterocycles.